The second-order valence-corrected chi connectivity index (χ2v) is 3.43. The first kappa shape index (κ1) is 11.1. The van der Waals surface area contributed by atoms with Crippen molar-refractivity contribution < 1.29 is 14.2 Å². The van der Waals surface area contributed by atoms with Gasteiger partial charge in [0.2, 0.25) is 0 Å². The molecule has 0 unspecified atom stereocenters. The third kappa shape index (κ3) is 3.44. The van der Waals surface area contributed by atoms with Crippen LogP contribution in [-0.4, -0.2) is 11.7 Å². The Morgan fingerprint density at radius 1 is 1.50 bits per heavy atom. The molecule has 0 saturated carbocycles. The van der Waals surface area contributed by atoms with Crippen LogP contribution in [0.3, 0.4) is 0 Å². The van der Waals surface area contributed by atoms with Gasteiger partial charge in [0.25, 0.3) is 0 Å². The Bertz CT molecular complexity index is 349. The van der Waals surface area contributed by atoms with E-state index < -0.39 is 5.82 Å². The molecule has 0 fully saturated rings. The highest BCUT2D eigenvalue weighted by molar-refractivity contribution is 6.55. The average molecular weight is 237 g/mol. The molecule has 0 heterocycles. The Balaban J connectivity index is 2.64. The van der Waals surface area contributed by atoms with Gasteiger partial charge in [-0.05, 0) is 18.2 Å². The first-order valence-corrected chi connectivity index (χ1v) is 4.47. The molecule has 1 aromatic rings. The number of ether oxygens (including phenoxy) is 1. The Kier molecular flexibility index (Phi) is 4.04. The second-order valence-electron chi connectivity index (χ2n) is 2.42. The molecule has 0 radical (unpaired) electrons. The molecule has 76 valence electrons. The zero-order valence-corrected chi connectivity index (χ0v) is 8.52. The van der Waals surface area contributed by atoms with Crippen molar-refractivity contribution in [3.05, 3.63) is 34.6 Å². The van der Waals surface area contributed by atoms with Gasteiger partial charge < -0.3 is 9.84 Å². The van der Waals surface area contributed by atoms with Crippen LogP contribution in [0.2, 0.25) is 0 Å². The molecule has 0 spiro atoms. The first-order chi connectivity index (χ1) is 6.59. The van der Waals surface area contributed by atoms with Crippen molar-refractivity contribution in [1.29, 1.82) is 0 Å². The van der Waals surface area contributed by atoms with E-state index in [1.807, 2.05) is 0 Å². The highest BCUT2D eigenvalue weighted by Gasteiger charge is 2.02. The second kappa shape index (κ2) is 5.08. The molecule has 0 amide bonds. The quantitative estimate of drug-likeness (QED) is 0.874. The van der Waals surface area contributed by atoms with Crippen LogP contribution in [0.4, 0.5) is 4.39 Å². The summed E-state index contributed by atoms with van der Waals surface area (Å²) >= 11 is 10.6. The van der Waals surface area contributed by atoms with E-state index in [2.05, 4.69) is 0 Å². The molecule has 0 aromatic heterocycles. The zero-order valence-electron chi connectivity index (χ0n) is 7.01. The van der Waals surface area contributed by atoms with Gasteiger partial charge in [0.05, 0.1) is 0 Å². The molecule has 1 rings (SSSR count). The van der Waals surface area contributed by atoms with Crippen LogP contribution in [0.25, 0.3) is 0 Å². The van der Waals surface area contributed by atoms with Crippen LogP contribution < -0.4 is 4.74 Å². The standard InChI is InChI=1S/C9H7Cl2FO2/c10-9(11)3-4-14-8-2-1-6(13)5-7(8)12/h1-3,5,13H,4H2. The Hall–Kier alpha value is -0.930. The van der Waals surface area contributed by atoms with Crippen LogP contribution in [0, 0.1) is 5.82 Å². The predicted molar refractivity (Wildman–Crippen MR) is 53.3 cm³/mol. The predicted octanol–water partition coefficient (Wildman–Crippen LogP) is 3.23. The number of aromatic hydroxyl groups is 1. The van der Waals surface area contributed by atoms with Crippen LogP contribution in [0.5, 0.6) is 11.5 Å². The van der Waals surface area contributed by atoms with Gasteiger partial charge in [-0.2, -0.15) is 0 Å². The lowest BCUT2D eigenvalue weighted by molar-refractivity contribution is 0.339. The molecule has 2 nitrogen and oxygen atoms in total. The van der Waals surface area contributed by atoms with E-state index in [0.717, 1.165) is 6.07 Å². The maximum Gasteiger partial charge on any atom is 0.168 e. The summed E-state index contributed by atoms with van der Waals surface area (Å²) < 4.78 is 18.0. The van der Waals surface area contributed by atoms with E-state index in [9.17, 15) is 4.39 Å². The van der Waals surface area contributed by atoms with Crippen molar-refractivity contribution >= 4 is 23.2 Å². The Labute approximate surface area is 90.5 Å². The van der Waals surface area contributed by atoms with E-state index in [1.165, 1.54) is 18.2 Å². The smallest absolute Gasteiger partial charge is 0.168 e. The zero-order chi connectivity index (χ0) is 10.6. The normalized spacial score (nSPS) is 9.64. The van der Waals surface area contributed by atoms with E-state index >= 15 is 0 Å². The van der Waals surface area contributed by atoms with Gasteiger partial charge >= 0.3 is 0 Å². The van der Waals surface area contributed by atoms with E-state index in [4.69, 9.17) is 33.0 Å². The van der Waals surface area contributed by atoms with E-state index in [-0.39, 0.29) is 22.6 Å². The molecule has 0 atom stereocenters. The number of phenolic OH excluding ortho intramolecular Hbond substituents is 1. The Morgan fingerprint density at radius 2 is 2.21 bits per heavy atom. The minimum atomic E-state index is -0.635. The SMILES string of the molecule is Oc1ccc(OCC=C(Cl)Cl)c(F)c1. The lowest BCUT2D eigenvalue weighted by Gasteiger charge is -2.04. The highest BCUT2D eigenvalue weighted by atomic mass is 35.5. The fourth-order valence-electron chi connectivity index (χ4n) is 0.801. The molecule has 0 aliphatic heterocycles. The number of halogens is 3. The van der Waals surface area contributed by atoms with Gasteiger partial charge in [0, 0.05) is 6.07 Å². The molecule has 5 heteroatoms. The third-order valence-corrected chi connectivity index (χ3v) is 1.70. The molecule has 1 aromatic carbocycles. The van der Waals surface area contributed by atoms with E-state index in [1.54, 1.807) is 0 Å². The maximum absolute atomic E-state index is 13.0. The van der Waals surface area contributed by atoms with Crippen LogP contribution in [0.1, 0.15) is 0 Å². The largest absolute Gasteiger partial charge is 0.508 e. The maximum atomic E-state index is 13.0. The molecule has 0 bridgehead atoms. The summed E-state index contributed by atoms with van der Waals surface area (Å²) in [6.07, 6.45) is 1.38. The number of benzene rings is 1. The van der Waals surface area contributed by atoms with Gasteiger partial charge in [-0.1, -0.05) is 23.2 Å². The van der Waals surface area contributed by atoms with Crippen LogP contribution in [-0.2, 0) is 0 Å². The van der Waals surface area contributed by atoms with Crippen molar-refractivity contribution in [3.8, 4) is 11.5 Å². The van der Waals surface area contributed by atoms with Crippen molar-refractivity contribution in [2.45, 2.75) is 0 Å². The van der Waals surface area contributed by atoms with Crippen molar-refractivity contribution in [1.82, 2.24) is 0 Å². The molecular weight excluding hydrogens is 230 g/mol. The molecule has 14 heavy (non-hydrogen) atoms. The first-order valence-electron chi connectivity index (χ1n) is 3.72. The molecular formula is C9H7Cl2FO2. The fourth-order valence-corrected chi connectivity index (χ4v) is 0.927. The van der Waals surface area contributed by atoms with E-state index in [0.29, 0.717) is 0 Å². The van der Waals surface area contributed by atoms with Gasteiger partial charge in [-0.25, -0.2) is 4.39 Å². The molecule has 0 aliphatic carbocycles. The van der Waals surface area contributed by atoms with Crippen molar-refractivity contribution in [2.24, 2.45) is 0 Å². The average Bonchev–Trinajstić information content (AvgIpc) is 2.08. The minimum absolute atomic E-state index is 0.0358. The summed E-state index contributed by atoms with van der Waals surface area (Å²) in [6.45, 7) is 0.0734. The number of hydrogen-bond donors (Lipinski definition) is 1. The summed E-state index contributed by atoms with van der Waals surface area (Å²) in [5.41, 5.74) is 0. The number of rotatable bonds is 3. The molecule has 1 N–H and O–H groups in total. The van der Waals surface area contributed by atoms with Gasteiger partial charge in [0.15, 0.2) is 11.6 Å². The monoisotopic (exact) mass is 236 g/mol. The number of hydrogen-bond acceptors (Lipinski definition) is 2. The Morgan fingerprint density at radius 3 is 2.79 bits per heavy atom. The van der Waals surface area contributed by atoms with Gasteiger partial charge in [0.1, 0.15) is 16.8 Å². The topological polar surface area (TPSA) is 29.5 Å². The lowest BCUT2D eigenvalue weighted by Crippen LogP contribution is -1.95. The van der Waals surface area contributed by atoms with Crippen molar-refractivity contribution in [3.63, 3.8) is 0 Å². The highest BCUT2D eigenvalue weighted by Crippen LogP contribution is 2.21. The van der Waals surface area contributed by atoms with Crippen LogP contribution in [0.15, 0.2) is 28.8 Å². The minimum Gasteiger partial charge on any atom is -0.508 e. The lowest BCUT2D eigenvalue weighted by atomic mass is 10.3. The van der Waals surface area contributed by atoms with Gasteiger partial charge in [-0.15, -0.1) is 0 Å². The number of phenols is 1. The summed E-state index contributed by atoms with van der Waals surface area (Å²) in [5, 5.41) is 8.90. The summed E-state index contributed by atoms with van der Waals surface area (Å²) in [6, 6.07) is 3.60. The summed E-state index contributed by atoms with van der Waals surface area (Å²) in [4.78, 5) is 0. The van der Waals surface area contributed by atoms with Crippen molar-refractivity contribution in [2.75, 3.05) is 6.61 Å². The van der Waals surface area contributed by atoms with Gasteiger partial charge in [-0.3, -0.25) is 0 Å². The molecule has 0 aliphatic rings. The fraction of sp³-hybridized carbons (Fsp3) is 0.111. The molecule has 0 saturated heterocycles. The summed E-state index contributed by atoms with van der Waals surface area (Å²) in [7, 11) is 0. The summed E-state index contributed by atoms with van der Waals surface area (Å²) in [5.74, 6) is -0.751. The third-order valence-electron chi connectivity index (χ3n) is 1.39. The van der Waals surface area contributed by atoms with Crippen LogP contribution >= 0.6 is 23.2 Å².